The maximum absolute atomic E-state index is 12.3. The molecular formula is C20H12Cl2N2OS. The van der Waals surface area contributed by atoms with Gasteiger partial charge >= 0.3 is 0 Å². The number of fused-ring (bicyclic) bond motifs is 1. The number of nitrogens with zero attached hydrogens (tertiary/aromatic N) is 1. The van der Waals surface area contributed by atoms with Crippen molar-refractivity contribution in [3.05, 3.63) is 81.2 Å². The summed E-state index contributed by atoms with van der Waals surface area (Å²) in [6.07, 6.45) is 1.88. The molecule has 0 aromatic heterocycles. The number of hydrogen-bond donors (Lipinski definition) is 1. The van der Waals surface area contributed by atoms with Crippen molar-refractivity contribution in [1.29, 1.82) is 0 Å². The summed E-state index contributed by atoms with van der Waals surface area (Å²) in [6.45, 7) is 0. The molecule has 0 unspecified atom stereocenters. The molecule has 4 rings (SSSR count). The normalized spacial score (nSPS) is 17.2. The third kappa shape index (κ3) is 3.49. The van der Waals surface area contributed by atoms with E-state index in [2.05, 4.69) is 22.4 Å². The Morgan fingerprint density at radius 1 is 1.00 bits per heavy atom. The molecule has 6 heteroatoms. The summed E-state index contributed by atoms with van der Waals surface area (Å²) in [5, 5.41) is 6.48. The molecule has 128 valence electrons. The second-order valence-corrected chi connectivity index (χ2v) is 7.52. The minimum atomic E-state index is -0.174. The van der Waals surface area contributed by atoms with Crippen LogP contribution in [0.3, 0.4) is 0 Å². The zero-order chi connectivity index (χ0) is 18.1. The van der Waals surface area contributed by atoms with Crippen LogP contribution in [0, 0.1) is 0 Å². The van der Waals surface area contributed by atoms with Gasteiger partial charge in [0.25, 0.3) is 5.91 Å². The number of nitrogens with one attached hydrogen (secondary N) is 1. The number of amidine groups is 1. The lowest BCUT2D eigenvalue weighted by atomic mass is 10.0. The zero-order valence-corrected chi connectivity index (χ0v) is 15.7. The van der Waals surface area contributed by atoms with E-state index in [4.69, 9.17) is 23.2 Å². The van der Waals surface area contributed by atoms with Crippen molar-refractivity contribution in [3.63, 3.8) is 0 Å². The standard InChI is InChI=1S/C20H12Cl2N2OS/c21-14-8-9-17(16(22)11-14)23-20-24-19(25)18(26-20)10-13-6-3-5-12-4-1-2-7-15(12)13/h1-11H,(H,23,24,25). The number of benzene rings is 3. The van der Waals surface area contributed by atoms with Crippen molar-refractivity contribution in [1.82, 2.24) is 5.32 Å². The number of rotatable bonds is 2. The lowest BCUT2D eigenvalue weighted by Crippen LogP contribution is -2.19. The van der Waals surface area contributed by atoms with E-state index in [9.17, 15) is 4.79 Å². The summed E-state index contributed by atoms with van der Waals surface area (Å²) in [4.78, 5) is 17.3. The molecule has 1 amide bonds. The molecule has 0 radical (unpaired) electrons. The van der Waals surface area contributed by atoms with Gasteiger partial charge < -0.3 is 5.32 Å². The maximum atomic E-state index is 12.3. The first-order chi connectivity index (χ1) is 12.6. The summed E-state index contributed by atoms with van der Waals surface area (Å²) in [5.74, 6) is -0.174. The highest BCUT2D eigenvalue weighted by Crippen LogP contribution is 2.33. The Kier molecular flexibility index (Phi) is 4.72. The van der Waals surface area contributed by atoms with E-state index in [1.807, 2.05) is 36.4 Å². The minimum Gasteiger partial charge on any atom is -0.300 e. The monoisotopic (exact) mass is 398 g/mol. The summed E-state index contributed by atoms with van der Waals surface area (Å²) < 4.78 is 0. The molecule has 0 saturated carbocycles. The van der Waals surface area contributed by atoms with Gasteiger partial charge in [-0.25, -0.2) is 4.99 Å². The molecule has 0 atom stereocenters. The molecule has 1 heterocycles. The average Bonchev–Trinajstić information content (AvgIpc) is 2.97. The molecular weight excluding hydrogens is 387 g/mol. The largest absolute Gasteiger partial charge is 0.300 e. The quantitative estimate of drug-likeness (QED) is 0.534. The summed E-state index contributed by atoms with van der Waals surface area (Å²) in [5.41, 5.74) is 1.55. The van der Waals surface area contributed by atoms with Gasteiger partial charge in [-0.05, 0) is 52.4 Å². The highest BCUT2D eigenvalue weighted by Gasteiger charge is 2.24. The Morgan fingerprint density at radius 2 is 1.81 bits per heavy atom. The number of hydrogen-bond acceptors (Lipinski definition) is 3. The molecule has 1 fully saturated rings. The maximum Gasteiger partial charge on any atom is 0.264 e. The van der Waals surface area contributed by atoms with Gasteiger partial charge in [-0.3, -0.25) is 4.79 Å². The van der Waals surface area contributed by atoms with Crippen LogP contribution in [-0.4, -0.2) is 11.1 Å². The molecule has 3 aromatic rings. The fourth-order valence-electron chi connectivity index (χ4n) is 2.68. The van der Waals surface area contributed by atoms with Crippen LogP contribution < -0.4 is 5.32 Å². The molecule has 26 heavy (non-hydrogen) atoms. The second-order valence-electron chi connectivity index (χ2n) is 5.65. The van der Waals surface area contributed by atoms with Crippen LogP contribution in [0.15, 0.2) is 70.6 Å². The second kappa shape index (κ2) is 7.16. The Balaban J connectivity index is 1.67. The molecule has 1 N–H and O–H groups in total. The van der Waals surface area contributed by atoms with Gasteiger partial charge in [0.05, 0.1) is 15.6 Å². The van der Waals surface area contributed by atoms with E-state index in [1.165, 1.54) is 11.8 Å². The van der Waals surface area contributed by atoms with Crippen molar-refractivity contribution in [2.24, 2.45) is 4.99 Å². The Hall–Kier alpha value is -2.27. The zero-order valence-electron chi connectivity index (χ0n) is 13.4. The topological polar surface area (TPSA) is 41.5 Å². The average molecular weight is 399 g/mol. The van der Waals surface area contributed by atoms with Crippen LogP contribution in [0.25, 0.3) is 16.8 Å². The van der Waals surface area contributed by atoms with Crippen LogP contribution in [-0.2, 0) is 4.79 Å². The van der Waals surface area contributed by atoms with Crippen LogP contribution in [0.4, 0.5) is 5.69 Å². The number of carbonyl (C=O) groups excluding carboxylic acids is 1. The lowest BCUT2D eigenvalue weighted by Gasteiger charge is -2.02. The lowest BCUT2D eigenvalue weighted by molar-refractivity contribution is -0.115. The first-order valence-corrected chi connectivity index (χ1v) is 9.40. The van der Waals surface area contributed by atoms with E-state index in [1.54, 1.807) is 18.2 Å². The summed E-state index contributed by atoms with van der Waals surface area (Å²) >= 11 is 13.3. The summed E-state index contributed by atoms with van der Waals surface area (Å²) in [7, 11) is 0. The first-order valence-electron chi connectivity index (χ1n) is 7.82. The Labute approximate surface area is 164 Å². The summed E-state index contributed by atoms with van der Waals surface area (Å²) in [6, 6.07) is 19.2. The van der Waals surface area contributed by atoms with Crippen LogP contribution in [0.1, 0.15) is 5.56 Å². The molecule has 3 aromatic carbocycles. The van der Waals surface area contributed by atoms with Gasteiger partial charge in [-0.1, -0.05) is 65.7 Å². The third-order valence-corrected chi connectivity index (χ3v) is 5.34. The van der Waals surface area contributed by atoms with E-state index >= 15 is 0 Å². The van der Waals surface area contributed by atoms with Gasteiger partial charge in [0.2, 0.25) is 0 Å². The van der Waals surface area contributed by atoms with Crippen LogP contribution in [0.5, 0.6) is 0 Å². The predicted octanol–water partition coefficient (Wildman–Crippen LogP) is 6.04. The smallest absolute Gasteiger partial charge is 0.264 e. The Morgan fingerprint density at radius 3 is 2.65 bits per heavy atom. The molecule has 1 saturated heterocycles. The van der Waals surface area contributed by atoms with Crippen molar-refractivity contribution < 1.29 is 4.79 Å². The van der Waals surface area contributed by atoms with E-state index in [0.717, 1.165) is 16.3 Å². The number of thioether (sulfide) groups is 1. The number of halogens is 2. The minimum absolute atomic E-state index is 0.174. The Bertz CT molecular complexity index is 1090. The van der Waals surface area contributed by atoms with E-state index < -0.39 is 0 Å². The van der Waals surface area contributed by atoms with Gasteiger partial charge in [-0.15, -0.1) is 0 Å². The molecule has 3 nitrogen and oxygen atoms in total. The fraction of sp³-hybridized carbons (Fsp3) is 0. The van der Waals surface area contributed by atoms with Crippen molar-refractivity contribution >= 4 is 68.6 Å². The SMILES string of the molecule is O=C1NC(=Nc2ccc(Cl)cc2Cl)SC1=Cc1cccc2ccccc12. The van der Waals surface area contributed by atoms with Crippen molar-refractivity contribution in [2.45, 2.75) is 0 Å². The number of carbonyl (C=O) groups is 1. The van der Waals surface area contributed by atoms with Crippen LogP contribution >= 0.6 is 35.0 Å². The van der Waals surface area contributed by atoms with Gasteiger partial charge in [-0.2, -0.15) is 0 Å². The third-order valence-electron chi connectivity index (χ3n) is 3.89. The molecule has 1 aliphatic rings. The molecule has 0 aliphatic carbocycles. The molecule has 1 aliphatic heterocycles. The van der Waals surface area contributed by atoms with E-state index in [-0.39, 0.29) is 5.91 Å². The van der Waals surface area contributed by atoms with Crippen molar-refractivity contribution in [3.8, 4) is 0 Å². The van der Waals surface area contributed by atoms with Crippen LogP contribution in [0.2, 0.25) is 10.0 Å². The van der Waals surface area contributed by atoms with Gasteiger partial charge in [0.1, 0.15) is 0 Å². The fourth-order valence-corrected chi connectivity index (χ4v) is 3.96. The number of amides is 1. The molecule has 0 bridgehead atoms. The van der Waals surface area contributed by atoms with Gasteiger partial charge in [0, 0.05) is 5.02 Å². The highest BCUT2D eigenvalue weighted by molar-refractivity contribution is 8.18. The highest BCUT2D eigenvalue weighted by atomic mass is 35.5. The first kappa shape index (κ1) is 17.2. The molecule has 0 spiro atoms. The predicted molar refractivity (Wildman–Crippen MR) is 111 cm³/mol. The number of aliphatic imine (C=N–C) groups is 1. The van der Waals surface area contributed by atoms with Crippen molar-refractivity contribution in [2.75, 3.05) is 0 Å². The van der Waals surface area contributed by atoms with Gasteiger partial charge in [0.15, 0.2) is 5.17 Å². The van der Waals surface area contributed by atoms with E-state index in [0.29, 0.717) is 25.8 Å².